The first kappa shape index (κ1) is 15.5. The third kappa shape index (κ3) is 3.24. The molecule has 0 atom stereocenters. The number of aryl methyl sites for hydroxylation is 1. The van der Waals surface area contributed by atoms with Gasteiger partial charge in [0.2, 0.25) is 0 Å². The zero-order valence-electron chi connectivity index (χ0n) is 11.7. The quantitative estimate of drug-likeness (QED) is 0.794. The molecule has 0 saturated heterocycles. The van der Waals surface area contributed by atoms with Gasteiger partial charge in [0.1, 0.15) is 0 Å². The third-order valence-corrected chi connectivity index (χ3v) is 4.33. The Morgan fingerprint density at radius 3 is 2.48 bits per heavy atom. The van der Waals surface area contributed by atoms with Gasteiger partial charge in [-0.05, 0) is 32.0 Å². The zero-order chi connectivity index (χ0) is 15.8. The monoisotopic (exact) mass is 314 g/mol. The van der Waals surface area contributed by atoms with Crippen molar-refractivity contribution in [2.75, 3.05) is 0 Å². The first-order chi connectivity index (χ1) is 9.70. The molecule has 0 saturated carbocycles. The molecule has 1 heterocycles. The Balaban J connectivity index is 2.44. The molecule has 0 aliphatic carbocycles. The highest BCUT2D eigenvalue weighted by molar-refractivity contribution is 7.09. The van der Waals surface area contributed by atoms with E-state index in [0.717, 1.165) is 22.7 Å². The fraction of sp³-hybridized carbons (Fsp3) is 0.286. The summed E-state index contributed by atoms with van der Waals surface area (Å²) in [6.07, 6.45) is -4.48. The molecule has 7 heteroatoms. The Labute approximate surface area is 123 Å². The van der Waals surface area contributed by atoms with Gasteiger partial charge in [0.05, 0.1) is 5.56 Å². The minimum absolute atomic E-state index is 0.0754. The van der Waals surface area contributed by atoms with Crippen molar-refractivity contribution >= 4 is 17.2 Å². The van der Waals surface area contributed by atoms with E-state index in [4.69, 9.17) is 0 Å². The van der Waals surface area contributed by atoms with Gasteiger partial charge in [-0.15, -0.1) is 11.3 Å². The van der Waals surface area contributed by atoms with Gasteiger partial charge in [0, 0.05) is 23.2 Å². The van der Waals surface area contributed by atoms with Crippen LogP contribution in [0.15, 0.2) is 29.3 Å². The van der Waals surface area contributed by atoms with Crippen LogP contribution >= 0.6 is 11.3 Å². The highest BCUT2D eigenvalue weighted by Crippen LogP contribution is 2.29. The minimum atomic E-state index is -4.48. The van der Waals surface area contributed by atoms with Gasteiger partial charge in [-0.1, -0.05) is 6.07 Å². The normalized spacial score (nSPS) is 12.8. The molecule has 0 bridgehead atoms. The second-order valence-corrected chi connectivity index (χ2v) is 5.76. The van der Waals surface area contributed by atoms with Gasteiger partial charge < -0.3 is 4.57 Å². The van der Waals surface area contributed by atoms with Crippen LogP contribution in [0.2, 0.25) is 0 Å². The van der Waals surface area contributed by atoms with E-state index >= 15 is 0 Å². The van der Waals surface area contributed by atoms with E-state index < -0.39 is 17.6 Å². The summed E-state index contributed by atoms with van der Waals surface area (Å²) in [7, 11) is 1.76. The van der Waals surface area contributed by atoms with Crippen molar-refractivity contribution < 1.29 is 18.0 Å². The van der Waals surface area contributed by atoms with Crippen LogP contribution in [0.4, 0.5) is 13.2 Å². The standard InChI is InChI=1S/C14H13F3N2OS/c1-8-9(2)21-13(19(8)3)18-12(20)10-5-4-6-11(7-10)14(15,16)17/h4-7H,1-3H3. The number of rotatable bonds is 1. The lowest BCUT2D eigenvalue weighted by Gasteiger charge is -2.06. The largest absolute Gasteiger partial charge is 0.416 e. The first-order valence-electron chi connectivity index (χ1n) is 6.09. The average molecular weight is 314 g/mol. The number of hydrogen-bond acceptors (Lipinski definition) is 2. The summed E-state index contributed by atoms with van der Waals surface area (Å²) in [6, 6.07) is 4.28. The molecule has 0 fully saturated rings. The summed E-state index contributed by atoms with van der Waals surface area (Å²) < 4.78 is 39.6. The zero-order valence-corrected chi connectivity index (χ0v) is 12.5. The molecule has 0 aliphatic rings. The van der Waals surface area contributed by atoms with Crippen molar-refractivity contribution in [3.8, 4) is 0 Å². The molecule has 1 aromatic heterocycles. The number of aromatic nitrogens is 1. The van der Waals surface area contributed by atoms with Gasteiger partial charge in [-0.25, -0.2) is 0 Å². The Morgan fingerprint density at radius 2 is 1.95 bits per heavy atom. The number of carbonyl (C=O) groups excluding carboxylic acids is 1. The summed E-state index contributed by atoms with van der Waals surface area (Å²) in [4.78, 5) is 17.4. The number of alkyl halides is 3. The molecule has 0 unspecified atom stereocenters. The van der Waals surface area contributed by atoms with E-state index in [9.17, 15) is 18.0 Å². The SMILES string of the molecule is Cc1sc(=NC(=O)c2cccc(C(F)(F)F)c2)n(C)c1C. The van der Waals surface area contributed by atoms with E-state index in [2.05, 4.69) is 4.99 Å². The summed E-state index contributed by atoms with van der Waals surface area (Å²) in [5.41, 5.74) is 0.0376. The number of benzene rings is 1. The second-order valence-electron chi connectivity index (χ2n) is 4.58. The smallest absolute Gasteiger partial charge is 0.324 e. The third-order valence-electron chi connectivity index (χ3n) is 3.18. The van der Waals surface area contributed by atoms with Crippen LogP contribution in [-0.2, 0) is 13.2 Å². The maximum Gasteiger partial charge on any atom is 0.416 e. The Bertz CT molecular complexity index is 756. The summed E-state index contributed by atoms with van der Waals surface area (Å²) in [6.45, 7) is 3.79. The van der Waals surface area contributed by atoms with Crippen molar-refractivity contribution in [1.82, 2.24) is 4.57 Å². The molecule has 0 spiro atoms. The molecular formula is C14H13F3N2OS. The number of carbonyl (C=O) groups is 1. The molecule has 1 amide bonds. The van der Waals surface area contributed by atoms with E-state index in [-0.39, 0.29) is 5.56 Å². The van der Waals surface area contributed by atoms with Crippen LogP contribution in [0.25, 0.3) is 0 Å². The highest BCUT2D eigenvalue weighted by Gasteiger charge is 2.30. The van der Waals surface area contributed by atoms with Crippen LogP contribution in [0.1, 0.15) is 26.5 Å². The molecule has 0 radical (unpaired) electrons. The molecular weight excluding hydrogens is 301 g/mol. The van der Waals surface area contributed by atoms with Crippen LogP contribution in [0.3, 0.4) is 0 Å². The minimum Gasteiger partial charge on any atom is -0.324 e. The molecule has 0 aliphatic heterocycles. The molecule has 2 aromatic rings. The van der Waals surface area contributed by atoms with Gasteiger partial charge >= 0.3 is 6.18 Å². The predicted molar refractivity (Wildman–Crippen MR) is 74.1 cm³/mol. The van der Waals surface area contributed by atoms with E-state index in [1.54, 1.807) is 11.6 Å². The molecule has 21 heavy (non-hydrogen) atoms. The Morgan fingerprint density at radius 1 is 1.29 bits per heavy atom. The lowest BCUT2D eigenvalue weighted by molar-refractivity contribution is -0.137. The molecule has 0 N–H and O–H groups in total. The lowest BCUT2D eigenvalue weighted by Crippen LogP contribution is -2.15. The van der Waals surface area contributed by atoms with Crippen molar-refractivity contribution in [3.63, 3.8) is 0 Å². The number of hydrogen-bond donors (Lipinski definition) is 0. The molecule has 1 aromatic carbocycles. The number of thiazole rings is 1. The Hall–Kier alpha value is -1.89. The van der Waals surface area contributed by atoms with Crippen molar-refractivity contribution in [2.45, 2.75) is 20.0 Å². The van der Waals surface area contributed by atoms with Crippen LogP contribution < -0.4 is 4.80 Å². The average Bonchev–Trinajstić information content (AvgIpc) is 2.65. The maximum absolute atomic E-state index is 12.6. The topological polar surface area (TPSA) is 34.4 Å². The molecule has 112 valence electrons. The van der Waals surface area contributed by atoms with Gasteiger partial charge in [-0.2, -0.15) is 18.2 Å². The fourth-order valence-electron chi connectivity index (χ4n) is 1.74. The van der Waals surface area contributed by atoms with Gasteiger partial charge in [-0.3, -0.25) is 4.79 Å². The van der Waals surface area contributed by atoms with E-state index in [1.807, 2.05) is 13.8 Å². The molecule has 3 nitrogen and oxygen atoms in total. The number of amides is 1. The summed E-state index contributed by atoms with van der Waals surface area (Å²) in [5.74, 6) is -0.682. The van der Waals surface area contributed by atoms with Crippen LogP contribution in [0, 0.1) is 13.8 Å². The van der Waals surface area contributed by atoms with Crippen LogP contribution in [-0.4, -0.2) is 10.5 Å². The maximum atomic E-state index is 12.6. The van der Waals surface area contributed by atoms with Crippen molar-refractivity contribution in [1.29, 1.82) is 0 Å². The molecule has 2 rings (SSSR count). The first-order valence-corrected chi connectivity index (χ1v) is 6.91. The number of nitrogens with zero attached hydrogens (tertiary/aromatic N) is 2. The van der Waals surface area contributed by atoms with Crippen molar-refractivity contribution in [3.05, 3.63) is 50.8 Å². The van der Waals surface area contributed by atoms with Crippen LogP contribution in [0.5, 0.6) is 0 Å². The number of halogens is 3. The van der Waals surface area contributed by atoms with Gasteiger partial charge in [0.15, 0.2) is 4.80 Å². The second kappa shape index (κ2) is 5.48. The fourth-order valence-corrected chi connectivity index (χ4v) is 2.70. The van der Waals surface area contributed by atoms with E-state index in [1.165, 1.54) is 23.5 Å². The summed E-state index contributed by atoms with van der Waals surface area (Å²) in [5, 5.41) is 0. The van der Waals surface area contributed by atoms with Gasteiger partial charge in [0.25, 0.3) is 5.91 Å². The summed E-state index contributed by atoms with van der Waals surface area (Å²) >= 11 is 1.33. The van der Waals surface area contributed by atoms with Crippen molar-refractivity contribution in [2.24, 2.45) is 12.0 Å². The lowest BCUT2D eigenvalue weighted by atomic mass is 10.1. The predicted octanol–water partition coefficient (Wildman–Crippen LogP) is 3.46. The highest BCUT2D eigenvalue weighted by atomic mass is 32.1. The van der Waals surface area contributed by atoms with E-state index in [0.29, 0.717) is 4.80 Å². The Kier molecular flexibility index (Phi) is 4.04.